The maximum atomic E-state index is 12.5. The van der Waals surface area contributed by atoms with Gasteiger partial charge in [-0.25, -0.2) is 0 Å². The molecular formula is C18H17N3O4. The van der Waals surface area contributed by atoms with E-state index in [1.165, 1.54) is 18.2 Å². The number of amides is 2. The summed E-state index contributed by atoms with van der Waals surface area (Å²) in [5.74, 6) is -0.906. The van der Waals surface area contributed by atoms with Gasteiger partial charge in [0.05, 0.1) is 22.7 Å². The minimum Gasteiger partial charge on any atom is -0.282 e. The van der Waals surface area contributed by atoms with Crippen LogP contribution in [0, 0.1) is 10.1 Å². The zero-order valence-corrected chi connectivity index (χ0v) is 13.7. The van der Waals surface area contributed by atoms with Gasteiger partial charge in [-0.15, -0.1) is 0 Å². The summed E-state index contributed by atoms with van der Waals surface area (Å²) in [6.45, 7) is 3.35. The highest BCUT2D eigenvalue weighted by atomic mass is 16.6. The average Bonchev–Trinajstić information content (AvgIpc) is 2.86. The molecular weight excluding hydrogens is 322 g/mol. The predicted octanol–water partition coefficient (Wildman–Crippen LogP) is 2.67. The third kappa shape index (κ3) is 3.27. The van der Waals surface area contributed by atoms with E-state index >= 15 is 0 Å². The molecule has 128 valence electrons. The van der Waals surface area contributed by atoms with E-state index in [0.717, 1.165) is 10.5 Å². The molecule has 2 aromatic rings. The van der Waals surface area contributed by atoms with Crippen molar-refractivity contribution in [2.75, 3.05) is 13.2 Å². The maximum absolute atomic E-state index is 12.5. The highest BCUT2D eigenvalue weighted by Crippen LogP contribution is 2.27. The molecule has 1 heterocycles. The van der Waals surface area contributed by atoms with Gasteiger partial charge in [-0.05, 0) is 18.2 Å². The van der Waals surface area contributed by atoms with Crippen LogP contribution in [0.4, 0.5) is 5.69 Å². The number of fused-ring (bicyclic) bond motifs is 1. The van der Waals surface area contributed by atoms with Crippen LogP contribution >= 0.6 is 0 Å². The van der Waals surface area contributed by atoms with Gasteiger partial charge in [-0.2, -0.15) is 0 Å². The summed E-state index contributed by atoms with van der Waals surface area (Å²) in [5, 5.41) is 10.9. The second-order valence-electron chi connectivity index (χ2n) is 5.80. The molecule has 0 fully saturated rings. The molecule has 0 atom stereocenters. The van der Waals surface area contributed by atoms with E-state index in [1.807, 2.05) is 42.2 Å². The summed E-state index contributed by atoms with van der Waals surface area (Å²) >= 11 is 0. The Morgan fingerprint density at radius 2 is 1.72 bits per heavy atom. The lowest BCUT2D eigenvalue weighted by atomic mass is 10.1. The van der Waals surface area contributed by atoms with Crippen molar-refractivity contribution < 1.29 is 14.5 Å². The number of rotatable bonds is 6. The Kier molecular flexibility index (Phi) is 4.58. The van der Waals surface area contributed by atoms with Gasteiger partial charge in [0.1, 0.15) is 0 Å². The van der Waals surface area contributed by atoms with Crippen molar-refractivity contribution in [3.63, 3.8) is 0 Å². The van der Waals surface area contributed by atoms with E-state index in [4.69, 9.17) is 0 Å². The Morgan fingerprint density at radius 1 is 1.04 bits per heavy atom. The molecule has 7 nitrogen and oxygen atoms in total. The van der Waals surface area contributed by atoms with Gasteiger partial charge in [0.15, 0.2) is 0 Å². The number of imide groups is 1. The van der Waals surface area contributed by atoms with Gasteiger partial charge in [-0.3, -0.25) is 29.5 Å². The summed E-state index contributed by atoms with van der Waals surface area (Å²) in [7, 11) is 0. The monoisotopic (exact) mass is 339 g/mol. The number of nitrogens with zero attached hydrogens (tertiary/aromatic N) is 3. The molecule has 0 bridgehead atoms. The third-order valence-corrected chi connectivity index (χ3v) is 4.20. The molecule has 25 heavy (non-hydrogen) atoms. The molecule has 1 aliphatic rings. The standard InChI is InChI=1S/C18H17N3O4/c1-2-19(11-13-6-4-3-5-7-13)12-20-17(22)15-9-8-14(21(24)25)10-16(15)18(20)23/h3-10H,2,11-12H2,1H3. The summed E-state index contributed by atoms with van der Waals surface area (Å²) < 4.78 is 0. The first-order valence-corrected chi connectivity index (χ1v) is 7.92. The first-order valence-electron chi connectivity index (χ1n) is 7.92. The van der Waals surface area contributed by atoms with Crippen molar-refractivity contribution in [1.29, 1.82) is 0 Å². The molecule has 0 N–H and O–H groups in total. The van der Waals surface area contributed by atoms with Gasteiger partial charge in [-0.1, -0.05) is 37.3 Å². The Morgan fingerprint density at radius 3 is 2.36 bits per heavy atom. The molecule has 0 saturated heterocycles. The normalized spacial score (nSPS) is 13.4. The largest absolute Gasteiger partial charge is 0.282 e. The Bertz CT molecular complexity index is 835. The number of hydrogen-bond acceptors (Lipinski definition) is 5. The fourth-order valence-corrected chi connectivity index (χ4v) is 2.82. The molecule has 2 aromatic carbocycles. The van der Waals surface area contributed by atoms with Crippen LogP contribution in [0.1, 0.15) is 33.2 Å². The Balaban J connectivity index is 1.80. The van der Waals surface area contributed by atoms with Crippen molar-refractivity contribution in [1.82, 2.24) is 9.80 Å². The van der Waals surface area contributed by atoms with Crippen LogP contribution in [0.2, 0.25) is 0 Å². The van der Waals surface area contributed by atoms with Crippen molar-refractivity contribution in [3.8, 4) is 0 Å². The second kappa shape index (κ2) is 6.82. The van der Waals surface area contributed by atoms with Gasteiger partial charge >= 0.3 is 0 Å². The highest BCUT2D eigenvalue weighted by molar-refractivity contribution is 6.21. The number of nitro benzene ring substituents is 1. The number of non-ortho nitro benzene ring substituents is 1. The highest BCUT2D eigenvalue weighted by Gasteiger charge is 2.37. The molecule has 0 saturated carbocycles. The average molecular weight is 339 g/mol. The fourth-order valence-electron chi connectivity index (χ4n) is 2.82. The fraction of sp³-hybridized carbons (Fsp3) is 0.222. The zero-order valence-electron chi connectivity index (χ0n) is 13.7. The third-order valence-electron chi connectivity index (χ3n) is 4.20. The Hall–Kier alpha value is -3.06. The van der Waals surface area contributed by atoms with E-state index < -0.39 is 16.7 Å². The lowest BCUT2D eigenvalue weighted by Crippen LogP contribution is -2.40. The zero-order chi connectivity index (χ0) is 18.0. The van der Waals surface area contributed by atoms with Crippen LogP contribution in [0.3, 0.4) is 0 Å². The summed E-state index contributed by atoms with van der Waals surface area (Å²) in [4.78, 5) is 38.5. The molecule has 0 aliphatic carbocycles. The predicted molar refractivity (Wildman–Crippen MR) is 91.0 cm³/mol. The van der Waals surface area contributed by atoms with Crippen LogP contribution in [0.15, 0.2) is 48.5 Å². The van der Waals surface area contributed by atoms with Crippen molar-refractivity contribution in [2.24, 2.45) is 0 Å². The lowest BCUT2D eigenvalue weighted by Gasteiger charge is -2.25. The van der Waals surface area contributed by atoms with Gasteiger partial charge in [0.2, 0.25) is 0 Å². The topological polar surface area (TPSA) is 83.8 Å². The van der Waals surface area contributed by atoms with Gasteiger partial charge in [0, 0.05) is 18.7 Å². The molecule has 7 heteroatoms. The van der Waals surface area contributed by atoms with Crippen molar-refractivity contribution in [3.05, 3.63) is 75.3 Å². The number of nitro groups is 1. The first kappa shape index (κ1) is 16.8. The van der Waals surface area contributed by atoms with Crippen LogP contribution < -0.4 is 0 Å². The number of benzene rings is 2. The van der Waals surface area contributed by atoms with Crippen LogP contribution in [0.5, 0.6) is 0 Å². The SMILES string of the molecule is CCN(Cc1ccccc1)CN1C(=O)c2ccc([N+](=O)[O-])cc2C1=O. The van der Waals surface area contributed by atoms with Crippen LogP contribution in [0.25, 0.3) is 0 Å². The summed E-state index contributed by atoms with van der Waals surface area (Å²) in [5.41, 5.74) is 1.19. The van der Waals surface area contributed by atoms with E-state index in [-0.39, 0.29) is 23.5 Å². The lowest BCUT2D eigenvalue weighted by molar-refractivity contribution is -0.384. The van der Waals surface area contributed by atoms with E-state index in [2.05, 4.69) is 0 Å². The maximum Gasteiger partial charge on any atom is 0.270 e. The van der Waals surface area contributed by atoms with E-state index in [1.54, 1.807) is 0 Å². The molecule has 0 unspecified atom stereocenters. The molecule has 1 aliphatic heterocycles. The molecule has 2 amide bonds. The van der Waals surface area contributed by atoms with E-state index in [9.17, 15) is 19.7 Å². The number of hydrogen-bond donors (Lipinski definition) is 0. The van der Waals surface area contributed by atoms with Crippen molar-refractivity contribution >= 4 is 17.5 Å². The van der Waals surface area contributed by atoms with Crippen LogP contribution in [-0.4, -0.2) is 39.8 Å². The summed E-state index contributed by atoms with van der Waals surface area (Å²) in [6, 6.07) is 13.5. The second-order valence-corrected chi connectivity index (χ2v) is 5.80. The quantitative estimate of drug-likeness (QED) is 0.459. The van der Waals surface area contributed by atoms with Crippen LogP contribution in [-0.2, 0) is 6.54 Å². The van der Waals surface area contributed by atoms with Gasteiger partial charge in [0.25, 0.3) is 17.5 Å². The minimum atomic E-state index is -0.575. The van der Waals surface area contributed by atoms with Gasteiger partial charge < -0.3 is 0 Å². The molecule has 0 spiro atoms. The summed E-state index contributed by atoms with van der Waals surface area (Å²) in [6.07, 6.45) is 0. The van der Waals surface area contributed by atoms with Crippen molar-refractivity contribution in [2.45, 2.75) is 13.5 Å². The molecule has 0 radical (unpaired) electrons. The first-order chi connectivity index (χ1) is 12.0. The number of carbonyl (C=O) groups is 2. The van der Waals surface area contributed by atoms with E-state index in [0.29, 0.717) is 13.1 Å². The minimum absolute atomic E-state index is 0.0926. The molecule has 0 aromatic heterocycles. The Labute approximate surface area is 144 Å². The molecule has 3 rings (SSSR count). The number of carbonyl (C=O) groups excluding carboxylic acids is 2. The smallest absolute Gasteiger partial charge is 0.270 e.